The molecule has 2 unspecified atom stereocenters. The van der Waals surface area contributed by atoms with Gasteiger partial charge in [0.05, 0.1) is 25.2 Å². The minimum Gasteiger partial charge on any atom is -0.496 e. The van der Waals surface area contributed by atoms with E-state index in [0.717, 1.165) is 12.8 Å². The minimum atomic E-state index is -0.860. The van der Waals surface area contributed by atoms with Gasteiger partial charge in [-0.3, -0.25) is 19.7 Å². The molecule has 1 aromatic carbocycles. The first-order chi connectivity index (χ1) is 14.5. The highest BCUT2D eigenvalue weighted by Gasteiger charge is 2.34. The fourth-order valence-electron chi connectivity index (χ4n) is 3.41. The number of hydrogen-bond donors (Lipinski definition) is 2. The van der Waals surface area contributed by atoms with Gasteiger partial charge in [-0.2, -0.15) is 0 Å². The quantitative estimate of drug-likeness (QED) is 0.495. The molecule has 2 saturated heterocycles. The third-order valence-corrected chi connectivity index (χ3v) is 5.31. The molecule has 0 aromatic heterocycles. The standard InChI is InChI=1S/C20H25N3O6S/c1-27-16-7-3-2-6-14(16)18(25)22-20(30)23-9-8-21-19(26)15(23)11-17(24)29-12-13-5-4-10-28-13/h2-3,6-7,13,15H,4-5,8-12H2,1H3,(H,21,26)(H,22,25,30). The smallest absolute Gasteiger partial charge is 0.308 e. The summed E-state index contributed by atoms with van der Waals surface area (Å²) in [5, 5.41) is 5.41. The highest BCUT2D eigenvalue weighted by Crippen LogP contribution is 2.18. The molecule has 9 nitrogen and oxygen atoms in total. The number of ether oxygens (including phenoxy) is 3. The van der Waals surface area contributed by atoms with Crippen molar-refractivity contribution >= 4 is 35.1 Å². The van der Waals surface area contributed by atoms with E-state index in [0.29, 0.717) is 31.0 Å². The second-order valence-electron chi connectivity index (χ2n) is 6.98. The maximum absolute atomic E-state index is 12.6. The number of thiocarbonyl (C=S) groups is 1. The molecule has 30 heavy (non-hydrogen) atoms. The Hall–Kier alpha value is -2.72. The van der Waals surface area contributed by atoms with Gasteiger partial charge in [0.15, 0.2) is 5.11 Å². The topological polar surface area (TPSA) is 106 Å². The Balaban J connectivity index is 1.61. The maximum atomic E-state index is 12.6. The van der Waals surface area contributed by atoms with Gasteiger partial charge in [0, 0.05) is 19.7 Å². The molecule has 10 heteroatoms. The van der Waals surface area contributed by atoms with Crippen LogP contribution in [0.5, 0.6) is 5.75 Å². The Morgan fingerprint density at radius 1 is 1.37 bits per heavy atom. The number of piperazine rings is 1. The Labute approximate surface area is 180 Å². The number of carbonyl (C=O) groups is 3. The van der Waals surface area contributed by atoms with E-state index >= 15 is 0 Å². The van der Waals surface area contributed by atoms with Crippen molar-refractivity contribution in [3.05, 3.63) is 29.8 Å². The van der Waals surface area contributed by atoms with Gasteiger partial charge in [-0.05, 0) is 37.2 Å². The van der Waals surface area contributed by atoms with Gasteiger partial charge in [-0.1, -0.05) is 12.1 Å². The number of amides is 2. The van der Waals surface area contributed by atoms with E-state index in [2.05, 4.69) is 10.6 Å². The van der Waals surface area contributed by atoms with Crippen molar-refractivity contribution in [3.63, 3.8) is 0 Å². The van der Waals surface area contributed by atoms with E-state index < -0.39 is 17.9 Å². The normalized spacial score (nSPS) is 21.0. The van der Waals surface area contributed by atoms with Gasteiger partial charge >= 0.3 is 5.97 Å². The fourth-order valence-corrected chi connectivity index (χ4v) is 3.72. The van der Waals surface area contributed by atoms with Crippen molar-refractivity contribution in [3.8, 4) is 5.75 Å². The van der Waals surface area contributed by atoms with Crippen LogP contribution in [0.4, 0.5) is 0 Å². The number of carbonyl (C=O) groups excluding carboxylic acids is 3. The second kappa shape index (κ2) is 10.4. The zero-order valence-corrected chi connectivity index (χ0v) is 17.5. The lowest BCUT2D eigenvalue weighted by Crippen LogP contribution is -2.60. The van der Waals surface area contributed by atoms with Crippen LogP contribution in [-0.4, -0.2) is 73.4 Å². The van der Waals surface area contributed by atoms with E-state index in [1.807, 2.05) is 0 Å². The zero-order chi connectivity index (χ0) is 21.5. The molecule has 2 amide bonds. The summed E-state index contributed by atoms with van der Waals surface area (Å²) in [7, 11) is 1.47. The molecule has 0 saturated carbocycles. The van der Waals surface area contributed by atoms with Crippen LogP contribution >= 0.6 is 12.2 Å². The lowest BCUT2D eigenvalue weighted by molar-refractivity contribution is -0.150. The second-order valence-corrected chi connectivity index (χ2v) is 7.37. The third kappa shape index (κ3) is 5.45. The number of para-hydroxylation sites is 1. The summed E-state index contributed by atoms with van der Waals surface area (Å²) in [6.07, 6.45) is 1.53. The molecule has 162 valence electrons. The molecule has 0 bridgehead atoms. The maximum Gasteiger partial charge on any atom is 0.308 e. The average molecular weight is 436 g/mol. The number of hydrogen-bond acceptors (Lipinski definition) is 7. The summed E-state index contributed by atoms with van der Waals surface area (Å²) in [6, 6.07) is 5.88. The van der Waals surface area contributed by atoms with E-state index in [1.165, 1.54) is 12.0 Å². The summed E-state index contributed by atoms with van der Waals surface area (Å²) in [6.45, 7) is 1.55. The van der Waals surface area contributed by atoms with Gasteiger partial charge < -0.3 is 24.4 Å². The van der Waals surface area contributed by atoms with Gasteiger partial charge in [0.1, 0.15) is 18.4 Å². The van der Waals surface area contributed by atoms with Crippen LogP contribution in [0.2, 0.25) is 0 Å². The SMILES string of the molecule is COc1ccccc1C(=O)NC(=S)N1CCNC(=O)C1CC(=O)OCC1CCCO1. The first-order valence-corrected chi connectivity index (χ1v) is 10.2. The average Bonchev–Trinajstić information content (AvgIpc) is 3.27. The number of nitrogens with zero attached hydrogens (tertiary/aromatic N) is 1. The molecule has 2 aliphatic heterocycles. The number of benzene rings is 1. The van der Waals surface area contributed by atoms with Crippen LogP contribution in [0.25, 0.3) is 0 Å². The Bertz CT molecular complexity index is 811. The molecule has 3 rings (SSSR count). The van der Waals surface area contributed by atoms with Crippen molar-refractivity contribution < 1.29 is 28.6 Å². The molecule has 2 aliphatic rings. The van der Waals surface area contributed by atoms with Gasteiger partial charge in [0.2, 0.25) is 5.91 Å². The molecule has 2 fully saturated rings. The third-order valence-electron chi connectivity index (χ3n) is 4.98. The van der Waals surface area contributed by atoms with Crippen molar-refractivity contribution in [2.75, 3.05) is 33.4 Å². The zero-order valence-electron chi connectivity index (χ0n) is 16.7. The molecule has 2 atom stereocenters. The number of esters is 1. The Morgan fingerprint density at radius 3 is 2.90 bits per heavy atom. The molecular weight excluding hydrogens is 410 g/mol. The van der Waals surface area contributed by atoms with Crippen molar-refractivity contribution in [1.82, 2.24) is 15.5 Å². The van der Waals surface area contributed by atoms with Crippen LogP contribution in [0, 0.1) is 0 Å². The van der Waals surface area contributed by atoms with Crippen molar-refractivity contribution in [2.24, 2.45) is 0 Å². The predicted octanol–water partition coefficient (Wildman–Crippen LogP) is 0.623. The summed E-state index contributed by atoms with van der Waals surface area (Å²) in [5.74, 6) is -0.910. The highest BCUT2D eigenvalue weighted by atomic mass is 32.1. The van der Waals surface area contributed by atoms with Crippen LogP contribution < -0.4 is 15.4 Å². The summed E-state index contributed by atoms with van der Waals surface area (Å²) in [4.78, 5) is 38.8. The van der Waals surface area contributed by atoms with E-state index in [-0.39, 0.29) is 30.2 Å². The molecule has 2 N–H and O–H groups in total. The lowest BCUT2D eigenvalue weighted by Gasteiger charge is -2.36. The Morgan fingerprint density at radius 2 is 2.17 bits per heavy atom. The summed E-state index contributed by atoms with van der Waals surface area (Å²) < 4.78 is 15.9. The van der Waals surface area contributed by atoms with Crippen LogP contribution in [0.1, 0.15) is 29.6 Å². The van der Waals surface area contributed by atoms with Crippen LogP contribution in [-0.2, 0) is 19.1 Å². The van der Waals surface area contributed by atoms with Gasteiger partial charge in [0.25, 0.3) is 5.91 Å². The molecule has 2 heterocycles. The van der Waals surface area contributed by atoms with Gasteiger partial charge in [-0.25, -0.2) is 0 Å². The monoisotopic (exact) mass is 435 g/mol. The number of rotatable bonds is 6. The number of methoxy groups -OCH3 is 1. The predicted molar refractivity (Wildman–Crippen MR) is 111 cm³/mol. The van der Waals surface area contributed by atoms with E-state index in [9.17, 15) is 14.4 Å². The largest absolute Gasteiger partial charge is 0.496 e. The highest BCUT2D eigenvalue weighted by molar-refractivity contribution is 7.80. The van der Waals surface area contributed by atoms with Crippen LogP contribution in [0.3, 0.4) is 0 Å². The molecule has 0 aliphatic carbocycles. The van der Waals surface area contributed by atoms with Crippen LogP contribution in [0.15, 0.2) is 24.3 Å². The number of nitrogens with one attached hydrogen (secondary N) is 2. The fraction of sp³-hybridized carbons (Fsp3) is 0.500. The Kier molecular flexibility index (Phi) is 7.58. The first-order valence-electron chi connectivity index (χ1n) is 9.79. The first kappa shape index (κ1) is 22.0. The molecule has 1 aromatic rings. The van der Waals surface area contributed by atoms with Crippen molar-refractivity contribution in [1.29, 1.82) is 0 Å². The lowest BCUT2D eigenvalue weighted by atomic mass is 10.1. The summed E-state index contributed by atoms with van der Waals surface area (Å²) in [5.41, 5.74) is 0.316. The molecule has 0 radical (unpaired) electrons. The molecular formula is C20H25N3O6S. The molecule has 0 spiro atoms. The van der Waals surface area contributed by atoms with Crippen molar-refractivity contribution in [2.45, 2.75) is 31.4 Å². The van der Waals surface area contributed by atoms with E-state index in [4.69, 9.17) is 26.4 Å². The van der Waals surface area contributed by atoms with E-state index in [1.54, 1.807) is 24.3 Å². The van der Waals surface area contributed by atoms with Gasteiger partial charge in [-0.15, -0.1) is 0 Å². The minimum absolute atomic E-state index is 0.0673. The summed E-state index contributed by atoms with van der Waals surface area (Å²) >= 11 is 5.37.